The number of carbonyl (C=O) groups is 1. The Labute approximate surface area is 139 Å². The van der Waals surface area contributed by atoms with E-state index in [0.717, 1.165) is 31.9 Å². The molecule has 3 rings (SSSR count). The number of fused-ring (bicyclic) bond motifs is 1. The summed E-state index contributed by atoms with van der Waals surface area (Å²) >= 11 is 0. The number of allylic oxidation sites excluding steroid dienone is 1. The van der Waals surface area contributed by atoms with Crippen molar-refractivity contribution in [1.29, 1.82) is 5.41 Å². The molecule has 24 heavy (non-hydrogen) atoms. The summed E-state index contributed by atoms with van der Waals surface area (Å²) in [4.78, 5) is 16.3. The largest absolute Gasteiger partial charge is 0.404 e. The van der Waals surface area contributed by atoms with E-state index < -0.39 is 11.7 Å². The predicted molar refractivity (Wildman–Crippen MR) is 90.2 cm³/mol. The Hall–Kier alpha value is -2.48. The van der Waals surface area contributed by atoms with Crippen molar-refractivity contribution in [3.8, 4) is 0 Å². The maximum Gasteiger partial charge on any atom is 0.254 e. The number of amides is 1. The van der Waals surface area contributed by atoms with E-state index >= 15 is 0 Å². The molecular formula is C16H21FN6O. The molecule has 8 heteroatoms. The first-order valence-corrected chi connectivity index (χ1v) is 8.02. The van der Waals surface area contributed by atoms with Gasteiger partial charge in [-0.05, 0) is 12.8 Å². The van der Waals surface area contributed by atoms with E-state index in [1.165, 1.54) is 6.20 Å². The number of nitrogens with two attached hydrogens (primary N) is 2. The average Bonchev–Trinajstić information content (AvgIpc) is 2.97. The molecule has 2 heterocycles. The van der Waals surface area contributed by atoms with Crippen molar-refractivity contribution in [2.45, 2.75) is 44.3 Å². The fraction of sp³-hybridized carbons (Fsp3) is 0.438. The number of hydrogen-bond donors (Lipinski definition) is 5. The van der Waals surface area contributed by atoms with Crippen molar-refractivity contribution in [2.75, 3.05) is 5.32 Å². The van der Waals surface area contributed by atoms with E-state index in [1.807, 2.05) is 0 Å². The molecule has 0 bridgehead atoms. The number of nitrogens with zero attached hydrogens (tertiary/aromatic N) is 1. The highest BCUT2D eigenvalue weighted by Crippen LogP contribution is 2.31. The van der Waals surface area contributed by atoms with Gasteiger partial charge in [-0.2, -0.15) is 0 Å². The number of nitrogens with one attached hydrogen (secondary N) is 3. The second kappa shape index (κ2) is 6.56. The smallest absolute Gasteiger partial charge is 0.254 e. The SMILES string of the molecule is N=C/C(=C\N)c1nc(NC2CCCC[C@@H]2N)c(F)c2c1C(=O)NC2. The van der Waals surface area contributed by atoms with Crippen LogP contribution in [0.15, 0.2) is 6.20 Å². The van der Waals surface area contributed by atoms with E-state index in [-0.39, 0.29) is 46.8 Å². The summed E-state index contributed by atoms with van der Waals surface area (Å²) in [6, 6.07) is -0.134. The minimum Gasteiger partial charge on any atom is -0.404 e. The van der Waals surface area contributed by atoms with Gasteiger partial charge in [0.25, 0.3) is 5.91 Å². The molecule has 1 fully saturated rings. The standard InChI is InChI=1S/C16H21FN6O/c17-13-9-7-21-16(24)12(9)14(8(5-18)6-19)23-15(13)22-11-4-2-1-3-10(11)20/h5-6,10-11,18H,1-4,7,19-20H2,(H,21,24)(H,22,23)/b8-6+,18-5?/t10-,11?/m0/s1. The highest BCUT2D eigenvalue weighted by Gasteiger charge is 2.32. The third-order valence-corrected chi connectivity index (χ3v) is 4.64. The molecule has 2 atom stereocenters. The number of aromatic nitrogens is 1. The van der Waals surface area contributed by atoms with Gasteiger partial charge in [0.15, 0.2) is 11.6 Å². The van der Waals surface area contributed by atoms with Crippen molar-refractivity contribution in [3.63, 3.8) is 0 Å². The van der Waals surface area contributed by atoms with Gasteiger partial charge in [0.05, 0.1) is 11.3 Å². The number of anilines is 1. The summed E-state index contributed by atoms with van der Waals surface area (Å²) in [7, 11) is 0. The maximum atomic E-state index is 14.8. The van der Waals surface area contributed by atoms with Crippen LogP contribution >= 0.6 is 0 Å². The normalized spacial score (nSPS) is 23.6. The summed E-state index contributed by atoms with van der Waals surface area (Å²) in [5.74, 6) is -0.899. The molecule has 1 saturated carbocycles. The minimum absolute atomic E-state index is 0.0591. The Kier molecular flexibility index (Phi) is 4.48. The Bertz CT molecular complexity index is 717. The fourth-order valence-corrected chi connectivity index (χ4v) is 3.29. The average molecular weight is 332 g/mol. The summed E-state index contributed by atoms with van der Waals surface area (Å²) < 4.78 is 14.8. The van der Waals surface area contributed by atoms with Crippen LogP contribution in [0.5, 0.6) is 0 Å². The molecule has 7 nitrogen and oxygen atoms in total. The molecule has 2 aliphatic rings. The highest BCUT2D eigenvalue weighted by atomic mass is 19.1. The lowest BCUT2D eigenvalue weighted by Gasteiger charge is -2.30. The van der Waals surface area contributed by atoms with Gasteiger partial charge in [0, 0.05) is 42.2 Å². The van der Waals surface area contributed by atoms with Crippen LogP contribution in [0.25, 0.3) is 5.57 Å². The molecule has 1 amide bonds. The van der Waals surface area contributed by atoms with Crippen LogP contribution in [0.3, 0.4) is 0 Å². The quantitative estimate of drug-likeness (QED) is 0.527. The number of pyridine rings is 1. The van der Waals surface area contributed by atoms with E-state index in [2.05, 4.69) is 15.6 Å². The van der Waals surface area contributed by atoms with Crippen LogP contribution in [0.2, 0.25) is 0 Å². The van der Waals surface area contributed by atoms with Crippen molar-refractivity contribution in [1.82, 2.24) is 10.3 Å². The summed E-state index contributed by atoms with van der Waals surface area (Å²) in [6.07, 6.45) is 6.01. The monoisotopic (exact) mass is 332 g/mol. The zero-order chi connectivity index (χ0) is 17.3. The highest BCUT2D eigenvalue weighted by molar-refractivity contribution is 6.13. The molecule has 7 N–H and O–H groups in total. The topological polar surface area (TPSA) is 130 Å². The molecule has 1 unspecified atom stereocenters. The fourth-order valence-electron chi connectivity index (χ4n) is 3.29. The van der Waals surface area contributed by atoms with Crippen LogP contribution in [0.4, 0.5) is 10.2 Å². The van der Waals surface area contributed by atoms with Gasteiger partial charge >= 0.3 is 0 Å². The van der Waals surface area contributed by atoms with E-state index in [9.17, 15) is 9.18 Å². The Morgan fingerprint density at radius 1 is 1.42 bits per heavy atom. The predicted octanol–water partition coefficient (Wildman–Crippen LogP) is 1.10. The number of hydrogen-bond acceptors (Lipinski definition) is 6. The molecule has 0 radical (unpaired) electrons. The second-order valence-corrected chi connectivity index (χ2v) is 6.12. The first-order valence-electron chi connectivity index (χ1n) is 8.02. The van der Waals surface area contributed by atoms with E-state index in [0.29, 0.717) is 0 Å². The van der Waals surface area contributed by atoms with Crippen molar-refractivity contribution in [3.05, 3.63) is 28.8 Å². The lowest BCUT2D eigenvalue weighted by molar-refractivity contribution is 0.0965. The molecule has 0 spiro atoms. The lowest BCUT2D eigenvalue weighted by Crippen LogP contribution is -2.43. The number of rotatable bonds is 4. The molecule has 0 aromatic carbocycles. The zero-order valence-electron chi connectivity index (χ0n) is 13.2. The number of carbonyl (C=O) groups excluding carboxylic acids is 1. The molecular weight excluding hydrogens is 311 g/mol. The molecule has 128 valence electrons. The van der Waals surface area contributed by atoms with Crippen LogP contribution < -0.4 is 22.1 Å². The van der Waals surface area contributed by atoms with Crippen LogP contribution in [-0.4, -0.2) is 29.2 Å². The number of halogens is 1. The second-order valence-electron chi connectivity index (χ2n) is 6.12. The van der Waals surface area contributed by atoms with Crippen LogP contribution in [0, 0.1) is 11.2 Å². The van der Waals surface area contributed by atoms with Gasteiger partial charge in [-0.25, -0.2) is 9.37 Å². The Morgan fingerprint density at radius 2 is 2.17 bits per heavy atom. The maximum absolute atomic E-state index is 14.8. The Morgan fingerprint density at radius 3 is 2.83 bits per heavy atom. The van der Waals surface area contributed by atoms with Gasteiger partial charge in [-0.1, -0.05) is 12.8 Å². The van der Waals surface area contributed by atoms with Gasteiger partial charge in [-0.15, -0.1) is 0 Å². The molecule has 1 aliphatic heterocycles. The van der Waals surface area contributed by atoms with Crippen molar-refractivity contribution >= 4 is 23.5 Å². The molecule has 1 aromatic rings. The van der Waals surface area contributed by atoms with Gasteiger partial charge in [0.1, 0.15) is 0 Å². The van der Waals surface area contributed by atoms with E-state index in [4.69, 9.17) is 16.9 Å². The van der Waals surface area contributed by atoms with Gasteiger partial charge < -0.3 is 27.5 Å². The third-order valence-electron chi connectivity index (χ3n) is 4.64. The molecule has 0 saturated heterocycles. The van der Waals surface area contributed by atoms with Crippen molar-refractivity contribution in [2.24, 2.45) is 11.5 Å². The van der Waals surface area contributed by atoms with Crippen LogP contribution in [0.1, 0.15) is 47.3 Å². The summed E-state index contributed by atoms with van der Waals surface area (Å²) in [5.41, 5.74) is 12.5. The zero-order valence-corrected chi connectivity index (χ0v) is 13.2. The van der Waals surface area contributed by atoms with Crippen LogP contribution in [-0.2, 0) is 6.54 Å². The van der Waals surface area contributed by atoms with Crippen molar-refractivity contribution < 1.29 is 9.18 Å². The minimum atomic E-state index is -0.550. The third kappa shape index (κ3) is 2.73. The lowest BCUT2D eigenvalue weighted by atomic mass is 9.91. The van der Waals surface area contributed by atoms with Gasteiger partial charge in [0.2, 0.25) is 0 Å². The van der Waals surface area contributed by atoms with Gasteiger partial charge in [-0.3, -0.25) is 4.79 Å². The summed E-state index contributed by atoms with van der Waals surface area (Å²) in [6.45, 7) is 0.0940. The molecule has 1 aliphatic carbocycles. The first-order chi connectivity index (χ1) is 11.6. The molecule has 1 aromatic heterocycles. The summed E-state index contributed by atoms with van der Waals surface area (Å²) in [5, 5.41) is 13.1. The first kappa shape index (κ1) is 16.4. The Balaban J connectivity index is 2.06. The van der Waals surface area contributed by atoms with E-state index in [1.54, 1.807) is 0 Å².